The van der Waals surface area contributed by atoms with Crippen molar-refractivity contribution in [3.05, 3.63) is 52.5 Å². The third-order valence-corrected chi connectivity index (χ3v) is 3.59. The maximum absolute atomic E-state index is 11.9. The van der Waals surface area contributed by atoms with E-state index >= 15 is 0 Å². The SMILES string of the molecule is CC(=O)Nc1ccc(NC(=O)C(=O)Nc2ccc(Cl)c(Cl)c2)cc1. The number of nitrogens with one attached hydrogen (secondary N) is 3. The van der Waals surface area contributed by atoms with Gasteiger partial charge < -0.3 is 16.0 Å². The first kappa shape index (κ1) is 17.8. The minimum Gasteiger partial charge on any atom is -0.326 e. The van der Waals surface area contributed by atoms with Crippen LogP contribution in [-0.2, 0) is 14.4 Å². The zero-order valence-corrected chi connectivity index (χ0v) is 14.0. The number of carbonyl (C=O) groups excluding carboxylic acids is 3. The molecule has 0 aliphatic heterocycles. The predicted octanol–water partition coefficient (Wildman–Crippen LogP) is 3.53. The summed E-state index contributed by atoms with van der Waals surface area (Å²) in [5.74, 6) is -1.89. The molecule has 6 nitrogen and oxygen atoms in total. The van der Waals surface area contributed by atoms with Gasteiger partial charge in [0.05, 0.1) is 10.0 Å². The highest BCUT2D eigenvalue weighted by atomic mass is 35.5. The van der Waals surface area contributed by atoms with Crippen LogP contribution in [0.2, 0.25) is 10.0 Å². The molecule has 3 amide bonds. The number of halogens is 2. The summed E-state index contributed by atoms with van der Waals surface area (Å²) < 4.78 is 0. The lowest BCUT2D eigenvalue weighted by Gasteiger charge is -2.08. The Morgan fingerprint density at radius 3 is 1.67 bits per heavy atom. The van der Waals surface area contributed by atoms with Crippen molar-refractivity contribution in [2.75, 3.05) is 16.0 Å². The highest BCUT2D eigenvalue weighted by molar-refractivity contribution is 6.44. The van der Waals surface area contributed by atoms with Crippen LogP contribution >= 0.6 is 23.2 Å². The Kier molecular flexibility index (Phi) is 5.78. The Bertz CT molecular complexity index is 792. The average molecular weight is 366 g/mol. The van der Waals surface area contributed by atoms with Crippen LogP contribution in [0.5, 0.6) is 0 Å². The van der Waals surface area contributed by atoms with Crippen LogP contribution in [-0.4, -0.2) is 17.7 Å². The summed E-state index contributed by atoms with van der Waals surface area (Å²) in [4.78, 5) is 34.7. The fraction of sp³-hybridized carbons (Fsp3) is 0.0625. The molecule has 0 bridgehead atoms. The van der Waals surface area contributed by atoms with E-state index in [-0.39, 0.29) is 10.9 Å². The van der Waals surface area contributed by atoms with E-state index in [0.717, 1.165) is 0 Å². The van der Waals surface area contributed by atoms with Crippen LogP contribution in [0.25, 0.3) is 0 Å². The van der Waals surface area contributed by atoms with E-state index in [9.17, 15) is 14.4 Å². The van der Waals surface area contributed by atoms with Gasteiger partial charge in [-0.05, 0) is 42.5 Å². The van der Waals surface area contributed by atoms with Crippen LogP contribution < -0.4 is 16.0 Å². The molecule has 0 fully saturated rings. The highest BCUT2D eigenvalue weighted by Gasteiger charge is 2.14. The van der Waals surface area contributed by atoms with Crippen molar-refractivity contribution in [1.29, 1.82) is 0 Å². The predicted molar refractivity (Wildman–Crippen MR) is 94.5 cm³/mol. The van der Waals surface area contributed by atoms with Crippen molar-refractivity contribution in [1.82, 2.24) is 0 Å². The van der Waals surface area contributed by atoms with Crippen molar-refractivity contribution in [2.45, 2.75) is 6.92 Å². The number of rotatable bonds is 3. The first-order chi connectivity index (χ1) is 11.3. The van der Waals surface area contributed by atoms with Gasteiger partial charge in [0.15, 0.2) is 0 Å². The number of carbonyl (C=O) groups is 3. The first-order valence-corrected chi connectivity index (χ1v) is 7.56. The van der Waals surface area contributed by atoms with E-state index in [4.69, 9.17) is 23.2 Å². The lowest BCUT2D eigenvalue weighted by Crippen LogP contribution is -2.29. The minimum atomic E-state index is -0.848. The van der Waals surface area contributed by atoms with E-state index in [0.29, 0.717) is 22.1 Å². The Labute approximate surface area is 148 Å². The maximum atomic E-state index is 11.9. The number of hydrogen-bond donors (Lipinski definition) is 3. The zero-order chi connectivity index (χ0) is 17.7. The molecule has 0 heterocycles. The molecule has 8 heteroatoms. The van der Waals surface area contributed by atoms with E-state index in [2.05, 4.69) is 16.0 Å². The topological polar surface area (TPSA) is 87.3 Å². The molecule has 0 radical (unpaired) electrons. The molecule has 0 unspecified atom stereocenters. The van der Waals surface area contributed by atoms with E-state index < -0.39 is 11.8 Å². The monoisotopic (exact) mass is 365 g/mol. The molecule has 0 aliphatic rings. The lowest BCUT2D eigenvalue weighted by atomic mass is 10.2. The Hall–Kier alpha value is -2.57. The number of benzene rings is 2. The van der Waals surface area contributed by atoms with Crippen molar-refractivity contribution < 1.29 is 14.4 Å². The van der Waals surface area contributed by atoms with Crippen LogP contribution in [0.4, 0.5) is 17.1 Å². The quantitative estimate of drug-likeness (QED) is 0.727. The van der Waals surface area contributed by atoms with E-state index in [1.165, 1.54) is 25.1 Å². The molecule has 0 aromatic heterocycles. The number of amides is 3. The molecule has 2 aromatic rings. The number of hydrogen-bond acceptors (Lipinski definition) is 3. The minimum absolute atomic E-state index is 0.201. The van der Waals surface area contributed by atoms with Gasteiger partial charge in [0.25, 0.3) is 0 Å². The standard InChI is InChI=1S/C16H13Cl2N3O3/c1-9(22)19-10-2-4-11(5-3-10)20-15(23)16(24)21-12-6-7-13(17)14(18)8-12/h2-8H,1H3,(H,19,22)(H,20,23)(H,21,24). The summed E-state index contributed by atoms with van der Waals surface area (Å²) in [5.41, 5.74) is 1.35. The third-order valence-electron chi connectivity index (χ3n) is 2.85. The molecule has 124 valence electrons. The van der Waals surface area contributed by atoms with Gasteiger partial charge in [-0.25, -0.2) is 0 Å². The van der Waals surface area contributed by atoms with E-state index in [1.807, 2.05) is 0 Å². The van der Waals surface area contributed by atoms with Crippen LogP contribution in [0.3, 0.4) is 0 Å². The lowest BCUT2D eigenvalue weighted by molar-refractivity contribution is -0.132. The Morgan fingerprint density at radius 1 is 0.708 bits per heavy atom. The average Bonchev–Trinajstić information content (AvgIpc) is 2.52. The van der Waals surface area contributed by atoms with Gasteiger partial charge in [-0.3, -0.25) is 14.4 Å². The highest BCUT2D eigenvalue weighted by Crippen LogP contribution is 2.25. The van der Waals surface area contributed by atoms with Crippen LogP contribution in [0.15, 0.2) is 42.5 Å². The molecular formula is C16H13Cl2N3O3. The largest absolute Gasteiger partial charge is 0.326 e. The summed E-state index contributed by atoms with van der Waals surface area (Å²) >= 11 is 11.6. The van der Waals surface area contributed by atoms with Crippen LogP contribution in [0.1, 0.15) is 6.92 Å². The molecule has 0 saturated heterocycles. The van der Waals surface area contributed by atoms with Gasteiger partial charge in [-0.2, -0.15) is 0 Å². The molecular weight excluding hydrogens is 353 g/mol. The zero-order valence-electron chi connectivity index (χ0n) is 12.5. The summed E-state index contributed by atoms with van der Waals surface area (Å²) in [7, 11) is 0. The fourth-order valence-electron chi connectivity index (χ4n) is 1.79. The second kappa shape index (κ2) is 7.81. The van der Waals surface area contributed by atoms with E-state index in [1.54, 1.807) is 24.3 Å². The Balaban J connectivity index is 1.97. The molecule has 0 aliphatic carbocycles. The number of anilines is 3. The normalized spacial score (nSPS) is 9.96. The Morgan fingerprint density at radius 2 is 1.17 bits per heavy atom. The second-order valence-corrected chi connectivity index (χ2v) is 5.61. The molecule has 0 spiro atoms. The fourth-order valence-corrected chi connectivity index (χ4v) is 2.09. The van der Waals surface area contributed by atoms with Gasteiger partial charge in [0, 0.05) is 24.0 Å². The summed E-state index contributed by atoms with van der Waals surface area (Å²) in [6.07, 6.45) is 0. The van der Waals surface area contributed by atoms with Crippen LogP contribution in [0, 0.1) is 0 Å². The maximum Gasteiger partial charge on any atom is 0.314 e. The molecule has 2 aromatic carbocycles. The van der Waals surface area contributed by atoms with Crippen molar-refractivity contribution in [2.24, 2.45) is 0 Å². The molecule has 0 atom stereocenters. The van der Waals surface area contributed by atoms with Gasteiger partial charge in [-0.15, -0.1) is 0 Å². The van der Waals surface area contributed by atoms with Gasteiger partial charge in [-0.1, -0.05) is 23.2 Å². The molecule has 24 heavy (non-hydrogen) atoms. The molecule has 2 rings (SSSR count). The summed E-state index contributed by atoms with van der Waals surface area (Å²) in [6.45, 7) is 1.39. The summed E-state index contributed by atoms with van der Waals surface area (Å²) in [5, 5.41) is 8.07. The summed E-state index contributed by atoms with van der Waals surface area (Å²) in [6, 6.07) is 10.8. The van der Waals surface area contributed by atoms with Crippen molar-refractivity contribution in [3.8, 4) is 0 Å². The van der Waals surface area contributed by atoms with Gasteiger partial charge in [0.2, 0.25) is 5.91 Å². The van der Waals surface area contributed by atoms with Crippen molar-refractivity contribution >= 4 is 58.0 Å². The second-order valence-electron chi connectivity index (χ2n) is 4.80. The smallest absolute Gasteiger partial charge is 0.314 e. The molecule has 3 N–H and O–H groups in total. The first-order valence-electron chi connectivity index (χ1n) is 6.80. The third kappa shape index (κ3) is 4.97. The molecule has 0 saturated carbocycles. The van der Waals surface area contributed by atoms with Gasteiger partial charge >= 0.3 is 11.8 Å². The van der Waals surface area contributed by atoms with Crippen molar-refractivity contribution in [3.63, 3.8) is 0 Å². The van der Waals surface area contributed by atoms with Gasteiger partial charge in [0.1, 0.15) is 0 Å².